The monoisotopic (exact) mass is 276 g/mol. The Labute approximate surface area is 114 Å². The van der Waals surface area contributed by atoms with E-state index in [0.29, 0.717) is 11.3 Å². The fourth-order valence-electron chi connectivity index (χ4n) is 1.64. The minimum absolute atomic E-state index is 0.263. The molecular weight excluding hydrogens is 263 g/mol. The highest BCUT2D eigenvalue weighted by Crippen LogP contribution is 2.18. The lowest BCUT2D eigenvalue weighted by Gasteiger charge is -2.06. The Balaban J connectivity index is 2.09. The molecule has 0 saturated carbocycles. The maximum absolute atomic E-state index is 13.4. The van der Waals surface area contributed by atoms with E-state index >= 15 is 0 Å². The van der Waals surface area contributed by atoms with Crippen molar-refractivity contribution in [3.63, 3.8) is 0 Å². The number of benzene rings is 1. The lowest BCUT2D eigenvalue weighted by atomic mass is 10.2. The molecule has 0 amide bonds. The zero-order valence-corrected chi connectivity index (χ0v) is 10.8. The van der Waals surface area contributed by atoms with E-state index in [2.05, 4.69) is 5.10 Å². The van der Waals surface area contributed by atoms with Crippen molar-refractivity contribution in [3.8, 4) is 5.75 Å². The summed E-state index contributed by atoms with van der Waals surface area (Å²) in [6, 6.07) is 4.05. The van der Waals surface area contributed by atoms with E-state index in [9.17, 15) is 9.18 Å². The summed E-state index contributed by atoms with van der Waals surface area (Å²) in [6.45, 7) is 0.263. The summed E-state index contributed by atoms with van der Waals surface area (Å²) in [5, 5.41) is 12.5. The fraction of sp³-hybridized carbons (Fsp3) is 0.143. The van der Waals surface area contributed by atoms with Crippen molar-refractivity contribution < 1.29 is 19.0 Å². The largest absolute Gasteiger partial charge is 0.489 e. The van der Waals surface area contributed by atoms with Crippen LogP contribution in [0.2, 0.25) is 0 Å². The quantitative estimate of drug-likeness (QED) is 0.851. The van der Waals surface area contributed by atoms with Crippen LogP contribution >= 0.6 is 0 Å². The van der Waals surface area contributed by atoms with Crippen LogP contribution in [-0.4, -0.2) is 20.9 Å². The number of carboxylic acid groups (broad SMARTS) is 1. The first-order chi connectivity index (χ1) is 9.52. The molecule has 0 radical (unpaired) electrons. The zero-order chi connectivity index (χ0) is 14.5. The summed E-state index contributed by atoms with van der Waals surface area (Å²) in [7, 11) is 1.79. The molecule has 0 bridgehead atoms. The summed E-state index contributed by atoms with van der Waals surface area (Å²) >= 11 is 0. The van der Waals surface area contributed by atoms with Crippen molar-refractivity contribution >= 4 is 12.0 Å². The van der Waals surface area contributed by atoms with Crippen LogP contribution in [0.3, 0.4) is 0 Å². The lowest BCUT2D eigenvalue weighted by molar-refractivity contribution is -0.131. The number of ether oxygens (including phenoxy) is 1. The standard InChI is InChI=1S/C14H13FN2O3/c1-17-8-11(7-16-17)9-20-13-5-10(2-3-14(18)19)4-12(15)6-13/h2-8H,9H2,1H3,(H,18,19)/b3-2+. The minimum Gasteiger partial charge on any atom is -0.489 e. The van der Waals surface area contributed by atoms with Crippen LogP contribution in [0.4, 0.5) is 4.39 Å². The van der Waals surface area contributed by atoms with Gasteiger partial charge < -0.3 is 9.84 Å². The number of carbonyl (C=O) groups is 1. The van der Waals surface area contributed by atoms with Crippen LogP contribution in [0.5, 0.6) is 5.75 Å². The Morgan fingerprint density at radius 3 is 2.95 bits per heavy atom. The molecule has 20 heavy (non-hydrogen) atoms. The van der Waals surface area contributed by atoms with Gasteiger partial charge in [-0.3, -0.25) is 4.68 Å². The number of hydrogen-bond acceptors (Lipinski definition) is 3. The Bertz CT molecular complexity index is 650. The number of aromatic nitrogens is 2. The topological polar surface area (TPSA) is 64.3 Å². The Kier molecular flexibility index (Phi) is 4.14. The van der Waals surface area contributed by atoms with Gasteiger partial charge in [-0.15, -0.1) is 0 Å². The highest BCUT2D eigenvalue weighted by Gasteiger charge is 2.02. The van der Waals surface area contributed by atoms with Gasteiger partial charge in [0, 0.05) is 31.0 Å². The Hall–Kier alpha value is -2.63. The normalized spacial score (nSPS) is 10.9. The number of nitrogens with zero attached hydrogens (tertiary/aromatic N) is 2. The predicted molar refractivity (Wildman–Crippen MR) is 70.6 cm³/mol. The third kappa shape index (κ3) is 3.94. The molecule has 1 N–H and O–H groups in total. The first-order valence-corrected chi connectivity index (χ1v) is 5.85. The van der Waals surface area contributed by atoms with Crippen molar-refractivity contribution in [1.29, 1.82) is 0 Å². The van der Waals surface area contributed by atoms with E-state index in [1.54, 1.807) is 30.2 Å². The molecule has 0 atom stereocenters. The summed E-state index contributed by atoms with van der Waals surface area (Å²) in [4.78, 5) is 10.4. The van der Waals surface area contributed by atoms with Gasteiger partial charge in [0.25, 0.3) is 0 Å². The summed E-state index contributed by atoms with van der Waals surface area (Å²) < 4.78 is 20.5. The van der Waals surface area contributed by atoms with Crippen LogP contribution in [0.25, 0.3) is 6.08 Å². The number of hydrogen-bond donors (Lipinski definition) is 1. The van der Waals surface area contributed by atoms with Crippen molar-refractivity contribution in [2.24, 2.45) is 7.05 Å². The second-order valence-corrected chi connectivity index (χ2v) is 4.20. The summed E-state index contributed by atoms with van der Waals surface area (Å²) in [5.74, 6) is -1.25. The van der Waals surface area contributed by atoms with Gasteiger partial charge in [0.2, 0.25) is 0 Å². The van der Waals surface area contributed by atoms with E-state index in [4.69, 9.17) is 9.84 Å². The molecule has 1 heterocycles. The van der Waals surface area contributed by atoms with E-state index < -0.39 is 11.8 Å². The number of rotatable bonds is 5. The van der Waals surface area contributed by atoms with Gasteiger partial charge >= 0.3 is 5.97 Å². The average molecular weight is 276 g/mol. The summed E-state index contributed by atoms with van der Waals surface area (Å²) in [5.41, 5.74) is 1.29. The zero-order valence-electron chi connectivity index (χ0n) is 10.8. The van der Waals surface area contributed by atoms with Crippen LogP contribution in [0.1, 0.15) is 11.1 Å². The van der Waals surface area contributed by atoms with Gasteiger partial charge in [-0.05, 0) is 23.8 Å². The van der Waals surface area contributed by atoms with Crippen LogP contribution in [-0.2, 0) is 18.4 Å². The molecule has 6 heteroatoms. The van der Waals surface area contributed by atoms with Crippen molar-refractivity contribution in [2.45, 2.75) is 6.61 Å². The number of aliphatic carboxylic acids is 1. The number of carboxylic acids is 1. The van der Waals surface area contributed by atoms with Crippen LogP contribution in [0.15, 0.2) is 36.7 Å². The first kappa shape index (κ1) is 13.8. The molecule has 0 aliphatic carbocycles. The van der Waals surface area contributed by atoms with Crippen LogP contribution in [0, 0.1) is 5.82 Å². The van der Waals surface area contributed by atoms with E-state index in [0.717, 1.165) is 11.6 Å². The molecule has 1 aromatic carbocycles. The van der Waals surface area contributed by atoms with Gasteiger partial charge in [-0.25, -0.2) is 9.18 Å². The predicted octanol–water partition coefficient (Wildman–Crippen LogP) is 2.24. The molecule has 5 nitrogen and oxygen atoms in total. The second-order valence-electron chi connectivity index (χ2n) is 4.20. The number of aryl methyl sites for hydroxylation is 1. The first-order valence-electron chi connectivity index (χ1n) is 5.85. The lowest BCUT2D eigenvalue weighted by Crippen LogP contribution is -1.95. The molecule has 0 saturated heterocycles. The highest BCUT2D eigenvalue weighted by molar-refractivity contribution is 5.85. The van der Waals surface area contributed by atoms with Gasteiger partial charge in [0.1, 0.15) is 18.2 Å². The van der Waals surface area contributed by atoms with Crippen LogP contribution < -0.4 is 4.74 Å². The van der Waals surface area contributed by atoms with E-state index in [1.807, 2.05) is 0 Å². The molecule has 1 aromatic heterocycles. The average Bonchev–Trinajstić information content (AvgIpc) is 2.79. The molecule has 104 valence electrons. The molecule has 0 aliphatic rings. The van der Waals surface area contributed by atoms with Gasteiger partial charge in [0.15, 0.2) is 0 Å². The van der Waals surface area contributed by atoms with Crippen molar-refractivity contribution in [1.82, 2.24) is 9.78 Å². The molecular formula is C14H13FN2O3. The molecule has 2 rings (SSSR count). The Morgan fingerprint density at radius 2 is 2.30 bits per heavy atom. The smallest absolute Gasteiger partial charge is 0.328 e. The maximum atomic E-state index is 13.4. The van der Waals surface area contributed by atoms with Gasteiger partial charge in [-0.1, -0.05) is 0 Å². The third-order valence-corrected chi connectivity index (χ3v) is 2.48. The van der Waals surface area contributed by atoms with E-state index in [-0.39, 0.29) is 6.61 Å². The molecule has 0 unspecified atom stereocenters. The SMILES string of the molecule is Cn1cc(COc2cc(F)cc(/C=C/C(=O)O)c2)cn1. The van der Waals surface area contributed by atoms with Crippen molar-refractivity contribution in [2.75, 3.05) is 0 Å². The fourth-order valence-corrected chi connectivity index (χ4v) is 1.64. The van der Waals surface area contributed by atoms with Gasteiger partial charge in [-0.2, -0.15) is 5.10 Å². The third-order valence-electron chi connectivity index (χ3n) is 2.48. The number of halogens is 1. The maximum Gasteiger partial charge on any atom is 0.328 e. The Morgan fingerprint density at radius 1 is 1.50 bits per heavy atom. The molecule has 2 aromatic rings. The van der Waals surface area contributed by atoms with Crippen molar-refractivity contribution in [3.05, 3.63) is 53.6 Å². The minimum atomic E-state index is -1.09. The highest BCUT2D eigenvalue weighted by atomic mass is 19.1. The molecule has 0 fully saturated rings. The molecule has 0 spiro atoms. The molecule has 0 aliphatic heterocycles. The summed E-state index contributed by atoms with van der Waals surface area (Å²) in [6.07, 6.45) is 5.71. The van der Waals surface area contributed by atoms with E-state index in [1.165, 1.54) is 18.2 Å². The second kappa shape index (κ2) is 6.01. The van der Waals surface area contributed by atoms with Gasteiger partial charge in [0.05, 0.1) is 6.20 Å².